The van der Waals surface area contributed by atoms with E-state index >= 15 is 0 Å². The molecule has 0 bridgehead atoms. The molecule has 6 heteroatoms. The van der Waals surface area contributed by atoms with Crippen LogP contribution >= 0.6 is 11.6 Å². The number of benzene rings is 2. The van der Waals surface area contributed by atoms with E-state index in [1.54, 1.807) is 59.5 Å². The van der Waals surface area contributed by atoms with Crippen molar-refractivity contribution >= 4 is 29.1 Å². The number of carbonyl (C=O) groups excluding carboxylic acids is 2. The fraction of sp³-hybridized carbons (Fsp3) is 0.222. The molecule has 24 heavy (non-hydrogen) atoms. The van der Waals surface area contributed by atoms with Crippen LogP contribution in [-0.4, -0.2) is 29.5 Å². The molecule has 1 saturated heterocycles. The molecule has 2 atom stereocenters. The molecular formula is C18H17ClN2O3. The summed E-state index contributed by atoms with van der Waals surface area (Å²) in [7, 11) is 0. The van der Waals surface area contributed by atoms with E-state index in [-0.39, 0.29) is 5.91 Å². The zero-order valence-corrected chi connectivity index (χ0v) is 13.6. The van der Waals surface area contributed by atoms with Gasteiger partial charge in [-0.1, -0.05) is 54.1 Å². The van der Waals surface area contributed by atoms with E-state index in [1.165, 1.54) is 0 Å². The number of hydrogen-bond donors (Lipinski definition) is 2. The average Bonchev–Trinajstić information content (AvgIpc) is 2.96. The molecule has 124 valence electrons. The summed E-state index contributed by atoms with van der Waals surface area (Å²) in [6.07, 6.45) is -0.828. The van der Waals surface area contributed by atoms with Gasteiger partial charge in [0.15, 0.2) is 6.10 Å². The van der Waals surface area contributed by atoms with E-state index in [9.17, 15) is 14.7 Å². The number of aliphatic hydroxyl groups excluding tert-OH is 1. The predicted octanol–water partition coefficient (Wildman–Crippen LogP) is 2.30. The summed E-state index contributed by atoms with van der Waals surface area (Å²) in [6.45, 7) is 0.467. The molecule has 0 spiro atoms. The van der Waals surface area contributed by atoms with Crippen LogP contribution in [0.1, 0.15) is 18.1 Å². The van der Waals surface area contributed by atoms with Gasteiger partial charge in [-0.2, -0.15) is 0 Å². The number of aliphatic hydroxyl groups is 1. The van der Waals surface area contributed by atoms with Crippen molar-refractivity contribution in [1.29, 1.82) is 0 Å². The third kappa shape index (κ3) is 3.27. The minimum absolute atomic E-state index is 0.225. The number of para-hydroxylation sites is 1. The predicted molar refractivity (Wildman–Crippen MR) is 91.8 cm³/mol. The molecule has 0 aromatic heterocycles. The Balaban J connectivity index is 1.68. The lowest BCUT2D eigenvalue weighted by Gasteiger charge is -2.19. The van der Waals surface area contributed by atoms with Crippen LogP contribution in [0, 0.1) is 0 Å². The van der Waals surface area contributed by atoms with Crippen LogP contribution in [0.25, 0.3) is 0 Å². The fourth-order valence-electron chi connectivity index (χ4n) is 2.76. The molecule has 1 fully saturated rings. The second-order valence-corrected chi connectivity index (χ2v) is 6.01. The highest BCUT2D eigenvalue weighted by atomic mass is 35.5. The molecule has 1 aliphatic heterocycles. The Hall–Kier alpha value is -2.37. The Bertz CT molecular complexity index is 751. The van der Waals surface area contributed by atoms with Crippen LogP contribution in [-0.2, 0) is 9.59 Å². The molecule has 3 rings (SSSR count). The Morgan fingerprint density at radius 1 is 1.17 bits per heavy atom. The van der Waals surface area contributed by atoms with E-state index in [4.69, 9.17) is 11.6 Å². The molecule has 5 nitrogen and oxygen atoms in total. The van der Waals surface area contributed by atoms with Crippen LogP contribution in [0.4, 0.5) is 5.69 Å². The van der Waals surface area contributed by atoms with Gasteiger partial charge < -0.3 is 15.3 Å². The summed E-state index contributed by atoms with van der Waals surface area (Å²) < 4.78 is 0. The highest BCUT2D eigenvalue weighted by molar-refractivity contribution is 6.34. The van der Waals surface area contributed by atoms with Crippen LogP contribution in [0.15, 0.2) is 54.6 Å². The largest absolute Gasteiger partial charge is 0.378 e. The quantitative estimate of drug-likeness (QED) is 0.894. The Morgan fingerprint density at radius 2 is 1.83 bits per heavy atom. The summed E-state index contributed by atoms with van der Waals surface area (Å²) in [5.41, 5.74) is 1.12. The molecule has 1 heterocycles. The van der Waals surface area contributed by atoms with Crippen LogP contribution in [0.3, 0.4) is 0 Å². The van der Waals surface area contributed by atoms with Crippen LogP contribution in [0.2, 0.25) is 5.02 Å². The molecular weight excluding hydrogens is 328 g/mol. The first kappa shape index (κ1) is 16.5. The van der Waals surface area contributed by atoms with E-state index in [0.29, 0.717) is 29.2 Å². The maximum absolute atomic E-state index is 12.5. The maximum Gasteiger partial charge on any atom is 0.254 e. The van der Waals surface area contributed by atoms with Gasteiger partial charge in [0.1, 0.15) is 6.04 Å². The fourth-order valence-corrected chi connectivity index (χ4v) is 3.00. The number of nitrogens with one attached hydrogen (secondary N) is 1. The van der Waals surface area contributed by atoms with E-state index < -0.39 is 18.1 Å². The number of rotatable bonds is 4. The van der Waals surface area contributed by atoms with E-state index in [2.05, 4.69) is 5.32 Å². The number of hydrogen-bond acceptors (Lipinski definition) is 3. The van der Waals surface area contributed by atoms with Gasteiger partial charge in [-0.3, -0.25) is 9.59 Å². The second-order valence-electron chi connectivity index (χ2n) is 5.60. The molecule has 2 amide bonds. The number of halogens is 1. The van der Waals surface area contributed by atoms with Crippen molar-refractivity contribution in [2.75, 3.05) is 11.4 Å². The van der Waals surface area contributed by atoms with Gasteiger partial charge in [0.2, 0.25) is 5.91 Å². The molecule has 1 aliphatic rings. The Kier molecular flexibility index (Phi) is 4.83. The van der Waals surface area contributed by atoms with Crippen molar-refractivity contribution in [2.24, 2.45) is 0 Å². The third-order valence-electron chi connectivity index (χ3n) is 4.03. The van der Waals surface area contributed by atoms with Crippen molar-refractivity contribution in [3.05, 3.63) is 65.2 Å². The SMILES string of the molecule is O=C(NC1CCN(c2ccccc2Cl)C1=O)C(O)c1ccccc1. The van der Waals surface area contributed by atoms with Crippen LogP contribution < -0.4 is 10.2 Å². The zero-order valence-electron chi connectivity index (χ0n) is 12.9. The first-order valence-corrected chi connectivity index (χ1v) is 8.05. The van der Waals surface area contributed by atoms with Gasteiger partial charge >= 0.3 is 0 Å². The van der Waals surface area contributed by atoms with Gasteiger partial charge in [-0.15, -0.1) is 0 Å². The zero-order chi connectivity index (χ0) is 17.1. The van der Waals surface area contributed by atoms with E-state index in [0.717, 1.165) is 0 Å². The van der Waals surface area contributed by atoms with Crippen molar-refractivity contribution in [3.63, 3.8) is 0 Å². The molecule has 2 N–H and O–H groups in total. The highest BCUT2D eigenvalue weighted by Crippen LogP contribution is 2.29. The lowest BCUT2D eigenvalue weighted by Crippen LogP contribution is -2.43. The van der Waals surface area contributed by atoms with Gasteiger partial charge in [0.05, 0.1) is 10.7 Å². The standard InChI is InChI=1S/C18H17ClN2O3/c19-13-8-4-5-9-15(13)21-11-10-14(18(21)24)20-17(23)16(22)12-6-2-1-3-7-12/h1-9,14,16,22H,10-11H2,(H,20,23). The average molecular weight is 345 g/mol. The minimum atomic E-state index is -1.30. The summed E-state index contributed by atoms with van der Waals surface area (Å²) in [5, 5.41) is 13.2. The van der Waals surface area contributed by atoms with Crippen molar-refractivity contribution in [3.8, 4) is 0 Å². The van der Waals surface area contributed by atoms with Gasteiger partial charge in [-0.05, 0) is 24.1 Å². The molecule has 0 saturated carbocycles. The number of amides is 2. The lowest BCUT2D eigenvalue weighted by atomic mass is 10.1. The van der Waals surface area contributed by atoms with Crippen molar-refractivity contribution in [2.45, 2.75) is 18.6 Å². The van der Waals surface area contributed by atoms with Crippen molar-refractivity contribution < 1.29 is 14.7 Å². The topological polar surface area (TPSA) is 69.6 Å². The summed E-state index contributed by atoms with van der Waals surface area (Å²) in [6, 6.07) is 15.0. The molecule has 0 aliphatic carbocycles. The smallest absolute Gasteiger partial charge is 0.254 e. The van der Waals surface area contributed by atoms with Crippen LogP contribution in [0.5, 0.6) is 0 Å². The Morgan fingerprint density at radius 3 is 2.54 bits per heavy atom. The number of anilines is 1. The molecule has 2 aromatic carbocycles. The lowest BCUT2D eigenvalue weighted by molar-refractivity contribution is -0.132. The molecule has 2 aromatic rings. The minimum Gasteiger partial charge on any atom is -0.378 e. The maximum atomic E-state index is 12.5. The number of nitrogens with zero attached hydrogens (tertiary/aromatic N) is 1. The Labute approximate surface area is 144 Å². The summed E-state index contributed by atoms with van der Waals surface area (Å²) in [5.74, 6) is -0.808. The van der Waals surface area contributed by atoms with E-state index in [1.807, 2.05) is 0 Å². The summed E-state index contributed by atoms with van der Waals surface area (Å²) >= 11 is 6.13. The summed E-state index contributed by atoms with van der Waals surface area (Å²) in [4.78, 5) is 26.3. The van der Waals surface area contributed by atoms with Gasteiger partial charge in [0.25, 0.3) is 5.91 Å². The van der Waals surface area contributed by atoms with Crippen molar-refractivity contribution in [1.82, 2.24) is 5.32 Å². The number of carbonyl (C=O) groups is 2. The normalized spacial score (nSPS) is 18.5. The molecule has 0 radical (unpaired) electrons. The van der Waals surface area contributed by atoms with Gasteiger partial charge in [-0.25, -0.2) is 0 Å². The first-order valence-electron chi connectivity index (χ1n) is 7.67. The highest BCUT2D eigenvalue weighted by Gasteiger charge is 2.35. The second kappa shape index (κ2) is 7.03. The molecule has 2 unspecified atom stereocenters. The third-order valence-corrected chi connectivity index (χ3v) is 4.35. The van der Waals surface area contributed by atoms with Gasteiger partial charge in [0, 0.05) is 6.54 Å². The first-order chi connectivity index (χ1) is 11.6. The monoisotopic (exact) mass is 344 g/mol.